The maximum atomic E-state index is 12.1. The maximum Gasteiger partial charge on any atom is 1.00 e. The molecular formula is C43H36BClF3KN10O8. The average Bonchev–Trinajstić information content (AvgIpc) is 4.15. The van der Waals surface area contributed by atoms with Crippen LogP contribution >= 0.6 is 11.6 Å². The van der Waals surface area contributed by atoms with Crippen molar-refractivity contribution in [2.24, 2.45) is 0 Å². The van der Waals surface area contributed by atoms with E-state index in [1.165, 1.54) is 35.4 Å². The van der Waals surface area contributed by atoms with Crippen molar-refractivity contribution in [3.8, 4) is 46.7 Å². The van der Waals surface area contributed by atoms with Crippen molar-refractivity contribution < 1.29 is 104 Å². The Morgan fingerprint density at radius 1 is 0.806 bits per heavy atom. The van der Waals surface area contributed by atoms with E-state index in [0.29, 0.717) is 42.3 Å². The number of esters is 1. The van der Waals surface area contributed by atoms with Crippen molar-refractivity contribution in [1.29, 1.82) is 0 Å². The van der Waals surface area contributed by atoms with Gasteiger partial charge in [0.05, 0.1) is 7.11 Å². The fourth-order valence-corrected chi connectivity index (χ4v) is 6.02. The third-order valence-electron chi connectivity index (χ3n) is 9.22. The van der Waals surface area contributed by atoms with E-state index in [2.05, 4.69) is 64.4 Å². The number of hydrogen-bond donors (Lipinski definition) is 3. The molecule has 6 heterocycles. The number of methoxy groups -OCH3 is 1. The molecule has 8 rings (SSSR count). The summed E-state index contributed by atoms with van der Waals surface area (Å²) in [5, 5.41) is 29.9. The SMILES string of the molecule is CN1CC[C@@](O)(C#Cc2c[c-]ccc2)C1=O.CN1CC[C@@](O)(C#Cc2cccc(-c3nc(C(=O)O)cc(-n4ccnc4)n3)c2)C1=O.COC(=O)c1cc(-n2ccnc2)nc(Cl)n1.FB(F)F.[K+]. The van der Waals surface area contributed by atoms with E-state index in [1.54, 1.807) is 90.7 Å². The van der Waals surface area contributed by atoms with Crippen LogP contribution in [0.25, 0.3) is 23.0 Å². The first-order valence-corrected chi connectivity index (χ1v) is 19.5. The van der Waals surface area contributed by atoms with Gasteiger partial charge in [-0.3, -0.25) is 31.7 Å². The predicted octanol–water partition coefficient (Wildman–Crippen LogP) is 0.390. The number of nitrogens with zero attached hydrogens (tertiary/aromatic N) is 10. The van der Waals surface area contributed by atoms with E-state index >= 15 is 0 Å². The first-order chi connectivity index (χ1) is 31.4. The number of rotatable bonds is 5. The van der Waals surface area contributed by atoms with Crippen LogP contribution in [0, 0.1) is 29.7 Å². The summed E-state index contributed by atoms with van der Waals surface area (Å²) < 4.78 is 36.7. The summed E-state index contributed by atoms with van der Waals surface area (Å²) in [7, 11) is 0.890. The van der Waals surface area contributed by atoms with Crippen LogP contribution in [0.15, 0.2) is 98.1 Å². The molecule has 2 aliphatic heterocycles. The van der Waals surface area contributed by atoms with Gasteiger partial charge in [-0.25, -0.2) is 34.5 Å². The number of halogens is 4. The number of ether oxygens (including phenoxy) is 1. The van der Waals surface area contributed by atoms with Crippen LogP contribution in [0.1, 0.15) is 44.9 Å². The Balaban J connectivity index is 0.000000225. The quantitative estimate of drug-likeness (QED) is 0.0698. The number of aliphatic hydroxyl groups is 2. The summed E-state index contributed by atoms with van der Waals surface area (Å²) in [6.45, 7) is 0.988. The third-order valence-corrected chi connectivity index (χ3v) is 9.39. The minimum absolute atomic E-state index is 0. The number of benzene rings is 2. The van der Waals surface area contributed by atoms with Gasteiger partial charge in [0.1, 0.15) is 24.3 Å². The number of carboxylic acid groups (broad SMARTS) is 1. The second kappa shape index (κ2) is 24.5. The van der Waals surface area contributed by atoms with Gasteiger partial charge >= 0.3 is 70.9 Å². The fourth-order valence-electron chi connectivity index (χ4n) is 5.84. The summed E-state index contributed by atoms with van der Waals surface area (Å²) >= 11 is 5.70. The molecule has 0 aliphatic carbocycles. The zero-order valence-corrected chi connectivity index (χ0v) is 39.9. The number of carbonyl (C=O) groups is 4. The Labute approximate surface area is 428 Å². The Bertz CT molecular complexity index is 2810. The molecule has 0 saturated carbocycles. The first kappa shape index (κ1) is 53.3. The van der Waals surface area contributed by atoms with Crippen molar-refractivity contribution in [3.63, 3.8) is 0 Å². The average molecular weight is 963 g/mol. The molecule has 4 aromatic heterocycles. The van der Waals surface area contributed by atoms with Crippen LogP contribution in [0.2, 0.25) is 5.28 Å². The standard InChI is InChI=1S/C21H17N5O4.C13H12NO2.C9H7ClN4O2.BF3.K/c1-25-9-7-21(30,20(25)29)6-5-14-3-2-4-15(11-14)18-23-16(19(27)28)12-17(24-18)26-10-8-22-13-26;1-14-10-9-13(16,12(14)15)8-7-11-5-3-2-4-6-11;1-16-8(15)6-4-7(13-9(10)12-6)14-3-2-11-5-14;2-1(3)4;/h2-4,8,10-13,30H,7,9H2,1H3,(H,27,28);2-3,5-6,16H,9-10H2,1H3;2-5H,1H3;;/q;-1;;;+1/t21-;13-;;;/m00.../s1. The van der Waals surface area contributed by atoms with Crippen molar-refractivity contribution >= 4 is 42.9 Å². The van der Waals surface area contributed by atoms with E-state index in [-0.39, 0.29) is 86.2 Å². The van der Waals surface area contributed by atoms with Crippen molar-refractivity contribution in [3.05, 3.63) is 132 Å². The zero-order chi connectivity index (χ0) is 48.0. The number of amides is 2. The van der Waals surface area contributed by atoms with E-state index in [4.69, 9.17) is 11.6 Å². The molecule has 338 valence electrons. The molecule has 24 heteroatoms. The molecule has 0 bridgehead atoms. The van der Waals surface area contributed by atoms with Gasteiger partial charge in [-0.05, 0) is 23.7 Å². The normalized spacial score (nSPS) is 16.7. The van der Waals surface area contributed by atoms with Crippen LogP contribution in [0.3, 0.4) is 0 Å². The summed E-state index contributed by atoms with van der Waals surface area (Å²) in [5.41, 5.74) is -1.42. The fraction of sp³-hybridized carbons (Fsp3) is 0.209. The second-order valence-electron chi connectivity index (χ2n) is 13.8. The monoisotopic (exact) mass is 962 g/mol. The molecule has 2 aliphatic rings. The molecule has 67 heavy (non-hydrogen) atoms. The van der Waals surface area contributed by atoms with Gasteiger partial charge in [0.25, 0.3) is 11.8 Å². The molecule has 0 radical (unpaired) electrons. The van der Waals surface area contributed by atoms with Gasteiger partial charge in [-0.15, -0.1) is 5.92 Å². The molecule has 2 atom stereocenters. The van der Waals surface area contributed by atoms with Gasteiger partial charge in [-0.1, -0.05) is 35.5 Å². The molecule has 18 nitrogen and oxygen atoms in total. The minimum Gasteiger partial charge on any atom is -0.477 e. The number of likely N-dealkylation sites (tertiary alicyclic amines) is 2. The van der Waals surface area contributed by atoms with E-state index in [0.717, 1.165) is 5.56 Å². The van der Waals surface area contributed by atoms with Crippen LogP contribution in [0.5, 0.6) is 0 Å². The van der Waals surface area contributed by atoms with Crippen molar-refractivity contribution in [2.75, 3.05) is 34.3 Å². The van der Waals surface area contributed by atoms with Crippen LogP contribution in [-0.2, 0) is 14.3 Å². The van der Waals surface area contributed by atoms with Gasteiger partial charge in [0.15, 0.2) is 17.2 Å². The third kappa shape index (κ3) is 14.9. The van der Waals surface area contributed by atoms with Crippen LogP contribution < -0.4 is 51.4 Å². The topological polar surface area (TPSA) is 232 Å². The van der Waals surface area contributed by atoms with Crippen molar-refractivity contribution in [1.82, 2.24) is 48.8 Å². The molecule has 2 fully saturated rings. The van der Waals surface area contributed by atoms with Crippen LogP contribution in [-0.4, -0.2) is 141 Å². The number of carboxylic acids is 1. The number of aromatic nitrogens is 8. The Hall–Kier alpha value is -6.28. The van der Waals surface area contributed by atoms with Crippen molar-refractivity contribution in [2.45, 2.75) is 24.0 Å². The summed E-state index contributed by atoms with van der Waals surface area (Å²) in [6.07, 6.45) is 10.1. The number of aromatic carboxylic acids is 1. The molecule has 3 N–H and O–H groups in total. The Kier molecular flexibility index (Phi) is 19.5. The van der Waals surface area contributed by atoms with Gasteiger partial charge in [0.2, 0.25) is 16.5 Å². The van der Waals surface area contributed by atoms with E-state index in [1.807, 2.05) is 12.1 Å². The smallest absolute Gasteiger partial charge is 0.477 e. The maximum absolute atomic E-state index is 12.1. The summed E-state index contributed by atoms with van der Waals surface area (Å²) in [6, 6.07) is 19.7. The number of carbonyl (C=O) groups excluding carboxylic acids is 3. The zero-order valence-electron chi connectivity index (χ0n) is 36.0. The molecule has 0 spiro atoms. The van der Waals surface area contributed by atoms with Gasteiger partial charge < -0.3 is 29.9 Å². The molecule has 6 aromatic rings. The number of hydrogen-bond acceptors (Lipinski definition) is 13. The van der Waals surface area contributed by atoms with Crippen LogP contribution in [0.4, 0.5) is 12.9 Å². The molecule has 2 amide bonds. The Morgan fingerprint density at radius 3 is 1.82 bits per heavy atom. The van der Waals surface area contributed by atoms with E-state index < -0.39 is 36.6 Å². The largest absolute Gasteiger partial charge is 1.00 e. The predicted molar refractivity (Wildman–Crippen MR) is 230 cm³/mol. The molecule has 2 aromatic carbocycles. The summed E-state index contributed by atoms with van der Waals surface area (Å²) in [5.74, 6) is 9.48. The van der Waals surface area contributed by atoms with Gasteiger partial charge in [0, 0.05) is 88.1 Å². The number of likely N-dealkylation sites (N-methyl/N-ethyl adjacent to an activating group) is 2. The molecular weight excluding hydrogens is 927 g/mol. The Morgan fingerprint density at radius 2 is 1.34 bits per heavy atom. The van der Waals surface area contributed by atoms with E-state index in [9.17, 15) is 47.4 Å². The van der Waals surface area contributed by atoms with Gasteiger partial charge in [-0.2, -0.15) is 35.3 Å². The molecule has 2 saturated heterocycles. The molecule has 0 unspecified atom stereocenters. The minimum atomic E-state index is -3.67. The summed E-state index contributed by atoms with van der Waals surface area (Å²) in [4.78, 5) is 73.5. The second-order valence-corrected chi connectivity index (χ2v) is 14.2. The number of imidazole rings is 2. The first-order valence-electron chi connectivity index (χ1n) is 19.1.